The van der Waals surface area contributed by atoms with Crippen molar-refractivity contribution in [2.45, 2.75) is 103 Å². The average Bonchev–Trinajstić information content (AvgIpc) is 3.37. The fraction of sp³-hybridized carbons (Fsp3) is 0.625. The number of ether oxygens (including phenoxy) is 5. The van der Waals surface area contributed by atoms with Crippen LogP contribution >= 0.6 is 0 Å². The van der Waals surface area contributed by atoms with Crippen molar-refractivity contribution in [1.29, 1.82) is 0 Å². The number of halogens is 1. The van der Waals surface area contributed by atoms with Gasteiger partial charge in [-0.1, -0.05) is 38.8 Å². The molecule has 308 valence electrons. The molecule has 1 unspecified atom stereocenters. The van der Waals surface area contributed by atoms with E-state index in [0.717, 1.165) is 0 Å². The first-order valence-corrected chi connectivity index (χ1v) is 19.0. The SMILES string of the molecule is CCCCC(=O)O[C@]1(C(=O)COC(=O)Oc2ccc(C(=O)OCCCCON(O)O)cc2OC)[C@@H](C)C[C@H]2C3CCC4=CC(=O)C=C[C@]4(C)[C@@]3(F)[C@@H](O)C[C@@]21C. The average molecular weight is 790 g/mol. The van der Waals surface area contributed by atoms with Gasteiger partial charge in [0.15, 0.2) is 35.2 Å². The minimum absolute atomic E-state index is 0.0131. The van der Waals surface area contributed by atoms with Crippen LogP contribution in [0.1, 0.15) is 95.8 Å². The molecule has 1 aromatic rings. The number of Topliss-reactive ketones (excluding diaryl/α,β-unsaturated/α-hetero) is 1. The number of hydrogen-bond donors (Lipinski definition) is 3. The summed E-state index contributed by atoms with van der Waals surface area (Å²) in [7, 11) is 1.28. The number of fused-ring (bicyclic) bond motifs is 5. The van der Waals surface area contributed by atoms with E-state index >= 15 is 4.39 Å². The maximum absolute atomic E-state index is 17.8. The Bertz CT molecular complexity index is 1750. The number of aliphatic hydroxyl groups excluding tert-OH is 1. The van der Waals surface area contributed by atoms with E-state index < -0.39 is 81.8 Å². The smallest absolute Gasteiger partial charge is 0.493 e. The van der Waals surface area contributed by atoms with Crippen molar-refractivity contribution < 1.29 is 72.4 Å². The summed E-state index contributed by atoms with van der Waals surface area (Å²) < 4.78 is 45.2. The maximum Gasteiger partial charge on any atom is 0.514 e. The van der Waals surface area contributed by atoms with E-state index in [4.69, 9.17) is 34.1 Å². The lowest BCUT2D eigenvalue weighted by Crippen LogP contribution is -2.70. The zero-order valence-electron chi connectivity index (χ0n) is 32.4. The van der Waals surface area contributed by atoms with Crippen LogP contribution in [0.5, 0.6) is 11.5 Å². The normalized spacial score (nSPS) is 31.8. The van der Waals surface area contributed by atoms with Crippen LogP contribution in [0, 0.1) is 28.6 Å². The van der Waals surface area contributed by atoms with Gasteiger partial charge in [-0.2, -0.15) is 0 Å². The van der Waals surface area contributed by atoms with Gasteiger partial charge >= 0.3 is 18.1 Å². The highest BCUT2D eigenvalue weighted by Crippen LogP contribution is 2.71. The van der Waals surface area contributed by atoms with Crippen molar-refractivity contribution in [2.24, 2.45) is 28.6 Å². The summed E-state index contributed by atoms with van der Waals surface area (Å²) in [5, 5.41) is 28.5. The van der Waals surface area contributed by atoms with Crippen molar-refractivity contribution in [3.8, 4) is 11.5 Å². The molecular weight excluding hydrogens is 737 g/mol. The van der Waals surface area contributed by atoms with Crippen LogP contribution in [-0.4, -0.2) is 94.9 Å². The number of ketones is 2. The number of nitrogens with zero attached hydrogens (tertiary/aromatic N) is 1. The highest BCUT2D eigenvalue weighted by Gasteiger charge is 2.77. The second kappa shape index (κ2) is 17.1. The zero-order chi connectivity index (χ0) is 41.1. The number of esters is 2. The third-order valence-electron chi connectivity index (χ3n) is 12.5. The van der Waals surface area contributed by atoms with Crippen LogP contribution in [0.25, 0.3) is 0 Å². The number of benzene rings is 1. The summed E-state index contributed by atoms with van der Waals surface area (Å²) in [6.45, 7) is 6.23. The van der Waals surface area contributed by atoms with Crippen molar-refractivity contribution in [3.63, 3.8) is 0 Å². The van der Waals surface area contributed by atoms with Crippen molar-refractivity contribution in [3.05, 3.63) is 47.6 Å². The Morgan fingerprint density at radius 2 is 1.75 bits per heavy atom. The second-order valence-corrected chi connectivity index (χ2v) is 15.6. The predicted molar refractivity (Wildman–Crippen MR) is 192 cm³/mol. The molecule has 4 aliphatic carbocycles. The van der Waals surface area contributed by atoms with Crippen LogP contribution in [0.15, 0.2) is 42.0 Å². The summed E-state index contributed by atoms with van der Waals surface area (Å²) in [5.74, 6) is -4.38. The van der Waals surface area contributed by atoms with Gasteiger partial charge in [-0.05, 0) is 88.1 Å². The molecule has 4 aliphatic rings. The van der Waals surface area contributed by atoms with Crippen molar-refractivity contribution in [1.82, 2.24) is 5.39 Å². The number of carbonyl (C=O) groups excluding carboxylic acids is 5. The largest absolute Gasteiger partial charge is 0.514 e. The van der Waals surface area contributed by atoms with Crippen molar-refractivity contribution in [2.75, 3.05) is 26.9 Å². The first kappa shape index (κ1) is 42.9. The Morgan fingerprint density at radius 1 is 1.02 bits per heavy atom. The summed E-state index contributed by atoms with van der Waals surface area (Å²) in [6.07, 6.45) is 4.19. The lowest BCUT2D eigenvalue weighted by Gasteiger charge is -2.62. The molecule has 16 heteroatoms. The summed E-state index contributed by atoms with van der Waals surface area (Å²) in [5.41, 5.74) is -5.88. The van der Waals surface area contributed by atoms with E-state index in [2.05, 4.69) is 4.84 Å². The van der Waals surface area contributed by atoms with E-state index in [1.165, 1.54) is 37.5 Å². The van der Waals surface area contributed by atoms with Gasteiger partial charge in [-0.25, -0.2) is 14.0 Å². The molecule has 3 N–H and O–H groups in total. The number of rotatable bonds is 16. The standard InChI is InChI=1S/C40H52FNO14/c1-6-7-10-34(46)56-40(24(2)19-29-28-13-12-26-21-27(43)15-16-37(26,3)39(28,41)32(44)22-38(29,40)4)33(45)23-53-36(48)55-30-14-11-25(20-31(30)51-5)35(47)52-17-8-9-18-54-42(49)50/h11,14-16,20-21,24,28-29,32,44,49-50H,6-10,12-13,17-19,22-23H2,1-5H3/t24-,28?,29-,32-,37-,38-,39-,40-/m0/s1. The Hall–Kier alpha value is -4.22. The minimum Gasteiger partial charge on any atom is -0.493 e. The van der Waals surface area contributed by atoms with Crippen LogP contribution in [0.2, 0.25) is 0 Å². The van der Waals surface area contributed by atoms with Gasteiger partial charge in [0.25, 0.3) is 0 Å². The summed E-state index contributed by atoms with van der Waals surface area (Å²) in [6, 6.07) is 3.89. The van der Waals surface area contributed by atoms with Crippen LogP contribution in [-0.2, 0) is 33.4 Å². The molecule has 0 amide bonds. The van der Waals surface area contributed by atoms with E-state index in [-0.39, 0.29) is 48.9 Å². The van der Waals surface area contributed by atoms with Gasteiger partial charge in [-0.15, -0.1) is 0 Å². The third-order valence-corrected chi connectivity index (χ3v) is 12.5. The molecule has 15 nitrogen and oxygen atoms in total. The minimum atomic E-state index is -2.17. The molecule has 8 atom stereocenters. The fourth-order valence-corrected chi connectivity index (χ4v) is 9.78. The number of hydrogen-bond acceptors (Lipinski definition) is 15. The zero-order valence-corrected chi connectivity index (χ0v) is 32.4. The highest BCUT2D eigenvalue weighted by molar-refractivity contribution is 6.01. The van der Waals surface area contributed by atoms with E-state index in [1.54, 1.807) is 26.8 Å². The number of methoxy groups -OCH3 is 1. The molecule has 3 fully saturated rings. The number of alkyl halides is 1. The summed E-state index contributed by atoms with van der Waals surface area (Å²) in [4.78, 5) is 70.3. The summed E-state index contributed by atoms with van der Waals surface area (Å²) >= 11 is 0. The van der Waals surface area contributed by atoms with Gasteiger partial charge < -0.3 is 28.8 Å². The molecule has 0 saturated heterocycles. The Labute approximate surface area is 324 Å². The molecule has 0 heterocycles. The molecule has 0 radical (unpaired) electrons. The quantitative estimate of drug-likeness (QED) is 0.0594. The predicted octanol–water partition coefficient (Wildman–Crippen LogP) is 5.82. The monoisotopic (exact) mass is 789 g/mol. The van der Waals surface area contributed by atoms with Crippen molar-refractivity contribution >= 4 is 29.7 Å². The van der Waals surface area contributed by atoms with Crippen LogP contribution in [0.3, 0.4) is 0 Å². The Balaban J connectivity index is 1.32. The molecular formula is C40H52FNO14. The van der Waals surface area contributed by atoms with Gasteiger partial charge in [0.2, 0.25) is 5.78 Å². The molecule has 5 rings (SSSR count). The van der Waals surface area contributed by atoms with E-state index in [9.17, 15) is 29.1 Å². The number of allylic oxidation sites excluding steroid dienone is 4. The lowest BCUT2D eigenvalue weighted by atomic mass is 9.44. The fourth-order valence-electron chi connectivity index (χ4n) is 9.78. The molecule has 3 saturated carbocycles. The van der Waals surface area contributed by atoms with Crippen LogP contribution < -0.4 is 9.47 Å². The first-order chi connectivity index (χ1) is 26.5. The Kier molecular flexibility index (Phi) is 13.1. The molecule has 0 aromatic heterocycles. The maximum atomic E-state index is 17.8. The molecule has 0 aliphatic heterocycles. The molecule has 1 aromatic carbocycles. The number of unbranched alkanes of at least 4 members (excludes halogenated alkanes) is 2. The first-order valence-electron chi connectivity index (χ1n) is 19.0. The topological polar surface area (TPSA) is 205 Å². The van der Waals surface area contributed by atoms with E-state index in [1.807, 2.05) is 6.92 Å². The van der Waals surface area contributed by atoms with E-state index in [0.29, 0.717) is 50.5 Å². The number of aliphatic hydroxyl groups is 1. The third kappa shape index (κ3) is 7.73. The number of carbonyl (C=O) groups is 5. The van der Waals surface area contributed by atoms with Gasteiger partial charge in [-0.3, -0.25) is 29.6 Å². The second-order valence-electron chi connectivity index (χ2n) is 15.6. The molecule has 0 spiro atoms. The Morgan fingerprint density at radius 3 is 2.45 bits per heavy atom. The highest BCUT2D eigenvalue weighted by atomic mass is 19.1. The van der Waals surface area contributed by atoms with Gasteiger partial charge in [0.05, 0.1) is 37.4 Å². The van der Waals surface area contributed by atoms with Crippen LogP contribution in [0.4, 0.5) is 9.18 Å². The molecule has 0 bridgehead atoms. The van der Waals surface area contributed by atoms with Gasteiger partial charge in [0, 0.05) is 29.1 Å². The molecule has 56 heavy (non-hydrogen) atoms. The van der Waals surface area contributed by atoms with Gasteiger partial charge in [0.1, 0.15) is 0 Å². The lowest BCUT2D eigenvalue weighted by molar-refractivity contribution is -0.492.